The van der Waals surface area contributed by atoms with Gasteiger partial charge in [-0.2, -0.15) is 5.10 Å². The number of piperidine rings is 1. The quantitative estimate of drug-likeness (QED) is 0.856. The average molecular weight is 258 g/mol. The van der Waals surface area contributed by atoms with Crippen LogP contribution in [0.5, 0.6) is 5.75 Å². The number of phenolic OH excluding ortho intramolecular Hbond substituents is 1. The zero-order valence-corrected chi connectivity index (χ0v) is 10.7. The summed E-state index contributed by atoms with van der Waals surface area (Å²) >= 11 is 0. The van der Waals surface area contributed by atoms with E-state index in [9.17, 15) is 5.11 Å². The van der Waals surface area contributed by atoms with Crippen LogP contribution in [0.4, 0.5) is 5.69 Å². The van der Waals surface area contributed by atoms with Crippen LogP contribution in [0.2, 0.25) is 0 Å². The zero-order valence-electron chi connectivity index (χ0n) is 10.7. The maximum absolute atomic E-state index is 9.49. The predicted octanol–water partition coefficient (Wildman–Crippen LogP) is 1.51. The van der Waals surface area contributed by atoms with Gasteiger partial charge in [-0.25, -0.2) is 4.68 Å². The SMILES string of the molecule is NC1CCN(c2cnn(-c3cccc(O)c3)c2)CC1. The van der Waals surface area contributed by atoms with Gasteiger partial charge >= 0.3 is 0 Å². The van der Waals surface area contributed by atoms with Crippen LogP contribution in [-0.2, 0) is 0 Å². The normalized spacial score (nSPS) is 16.8. The Morgan fingerprint density at radius 2 is 2.00 bits per heavy atom. The fraction of sp³-hybridized carbons (Fsp3) is 0.357. The first-order chi connectivity index (χ1) is 9.22. The molecule has 5 heteroatoms. The minimum absolute atomic E-state index is 0.249. The van der Waals surface area contributed by atoms with Crippen LogP contribution in [-0.4, -0.2) is 34.0 Å². The van der Waals surface area contributed by atoms with Crippen molar-refractivity contribution in [3.8, 4) is 11.4 Å². The lowest BCUT2D eigenvalue weighted by molar-refractivity contribution is 0.475. The highest BCUT2D eigenvalue weighted by atomic mass is 16.3. The fourth-order valence-corrected chi connectivity index (χ4v) is 2.41. The van der Waals surface area contributed by atoms with Gasteiger partial charge in [0.15, 0.2) is 0 Å². The molecule has 0 radical (unpaired) electrons. The molecule has 19 heavy (non-hydrogen) atoms. The first kappa shape index (κ1) is 12.0. The van der Waals surface area contributed by atoms with Crippen LogP contribution in [0.15, 0.2) is 36.7 Å². The van der Waals surface area contributed by atoms with Crippen LogP contribution in [0.25, 0.3) is 5.69 Å². The second-order valence-electron chi connectivity index (χ2n) is 4.99. The number of nitrogens with two attached hydrogens (primary N) is 1. The van der Waals surface area contributed by atoms with Crippen molar-refractivity contribution < 1.29 is 5.11 Å². The van der Waals surface area contributed by atoms with Crippen molar-refractivity contribution in [2.75, 3.05) is 18.0 Å². The summed E-state index contributed by atoms with van der Waals surface area (Å²) < 4.78 is 1.78. The van der Waals surface area contributed by atoms with Crippen molar-refractivity contribution >= 4 is 5.69 Å². The van der Waals surface area contributed by atoms with E-state index in [1.807, 2.05) is 24.5 Å². The summed E-state index contributed by atoms with van der Waals surface area (Å²) in [5.41, 5.74) is 7.88. The van der Waals surface area contributed by atoms with Crippen molar-refractivity contribution in [2.45, 2.75) is 18.9 Å². The van der Waals surface area contributed by atoms with Crippen molar-refractivity contribution in [2.24, 2.45) is 5.73 Å². The van der Waals surface area contributed by atoms with Crippen molar-refractivity contribution in [3.63, 3.8) is 0 Å². The third kappa shape index (κ3) is 2.56. The number of hydrogen-bond acceptors (Lipinski definition) is 4. The van der Waals surface area contributed by atoms with E-state index in [0.29, 0.717) is 6.04 Å². The van der Waals surface area contributed by atoms with Crippen LogP contribution >= 0.6 is 0 Å². The lowest BCUT2D eigenvalue weighted by Gasteiger charge is -2.30. The molecule has 3 N–H and O–H groups in total. The van der Waals surface area contributed by atoms with Gasteiger partial charge in [0.2, 0.25) is 0 Å². The number of aromatic hydroxyl groups is 1. The van der Waals surface area contributed by atoms with E-state index in [1.54, 1.807) is 16.8 Å². The Morgan fingerprint density at radius 3 is 2.74 bits per heavy atom. The summed E-state index contributed by atoms with van der Waals surface area (Å²) in [5, 5.41) is 13.8. The molecule has 2 heterocycles. The maximum Gasteiger partial charge on any atom is 0.117 e. The molecule has 0 atom stereocenters. The molecular weight excluding hydrogens is 240 g/mol. The Balaban J connectivity index is 1.80. The molecule has 100 valence electrons. The third-order valence-electron chi connectivity index (χ3n) is 3.57. The number of anilines is 1. The maximum atomic E-state index is 9.49. The highest BCUT2D eigenvalue weighted by molar-refractivity contribution is 5.46. The van der Waals surface area contributed by atoms with Gasteiger partial charge in [0.05, 0.1) is 23.8 Å². The summed E-state index contributed by atoms with van der Waals surface area (Å²) in [5.74, 6) is 0.249. The van der Waals surface area contributed by atoms with Gasteiger partial charge < -0.3 is 15.7 Å². The average Bonchev–Trinajstić information content (AvgIpc) is 2.89. The van der Waals surface area contributed by atoms with E-state index in [0.717, 1.165) is 37.3 Å². The van der Waals surface area contributed by atoms with Crippen LogP contribution in [0.1, 0.15) is 12.8 Å². The predicted molar refractivity (Wildman–Crippen MR) is 74.7 cm³/mol. The molecule has 0 saturated carbocycles. The molecule has 0 aliphatic carbocycles. The van der Waals surface area contributed by atoms with Gasteiger partial charge in [0.25, 0.3) is 0 Å². The third-order valence-corrected chi connectivity index (χ3v) is 3.57. The van der Waals surface area contributed by atoms with E-state index < -0.39 is 0 Å². The van der Waals surface area contributed by atoms with Gasteiger partial charge in [-0.3, -0.25) is 0 Å². The first-order valence-electron chi connectivity index (χ1n) is 6.57. The lowest BCUT2D eigenvalue weighted by Crippen LogP contribution is -2.39. The van der Waals surface area contributed by atoms with E-state index in [4.69, 9.17) is 5.73 Å². The number of benzene rings is 1. The molecule has 1 fully saturated rings. The summed E-state index contributed by atoms with van der Waals surface area (Å²) in [7, 11) is 0. The van der Waals surface area contributed by atoms with Gasteiger partial charge in [-0.15, -0.1) is 0 Å². The van der Waals surface area contributed by atoms with Gasteiger partial charge in [-0.1, -0.05) is 6.07 Å². The molecule has 0 amide bonds. The molecule has 1 aromatic heterocycles. The molecule has 1 aliphatic rings. The molecule has 1 saturated heterocycles. The number of nitrogens with zero attached hydrogens (tertiary/aromatic N) is 3. The highest BCUT2D eigenvalue weighted by Crippen LogP contribution is 2.21. The first-order valence-corrected chi connectivity index (χ1v) is 6.57. The van der Waals surface area contributed by atoms with Crippen LogP contribution in [0.3, 0.4) is 0 Å². The van der Waals surface area contributed by atoms with E-state index in [2.05, 4.69) is 10.00 Å². The van der Waals surface area contributed by atoms with Crippen molar-refractivity contribution in [1.82, 2.24) is 9.78 Å². The Hall–Kier alpha value is -2.01. The fourth-order valence-electron chi connectivity index (χ4n) is 2.41. The smallest absolute Gasteiger partial charge is 0.117 e. The molecule has 1 aromatic carbocycles. The number of phenols is 1. The molecular formula is C14H18N4O. The second kappa shape index (κ2) is 4.93. The van der Waals surface area contributed by atoms with Crippen LogP contribution in [0, 0.1) is 0 Å². The molecule has 0 bridgehead atoms. The molecule has 1 aliphatic heterocycles. The van der Waals surface area contributed by atoms with E-state index in [-0.39, 0.29) is 5.75 Å². The standard InChI is InChI=1S/C14H18N4O/c15-11-4-6-17(7-5-11)13-9-16-18(10-13)12-2-1-3-14(19)8-12/h1-3,8-11,19H,4-7,15H2. The Labute approximate surface area is 112 Å². The van der Waals surface area contributed by atoms with Crippen molar-refractivity contribution in [1.29, 1.82) is 0 Å². The van der Waals surface area contributed by atoms with E-state index >= 15 is 0 Å². The summed E-state index contributed by atoms with van der Waals surface area (Å²) in [6.45, 7) is 1.96. The Kier molecular flexibility index (Phi) is 3.13. The number of aromatic nitrogens is 2. The number of hydrogen-bond donors (Lipinski definition) is 2. The Bertz CT molecular complexity index is 558. The van der Waals surface area contributed by atoms with Crippen molar-refractivity contribution in [3.05, 3.63) is 36.7 Å². The minimum Gasteiger partial charge on any atom is -0.508 e. The monoisotopic (exact) mass is 258 g/mol. The van der Waals surface area contributed by atoms with Gasteiger partial charge in [0.1, 0.15) is 5.75 Å². The largest absolute Gasteiger partial charge is 0.508 e. The van der Waals surface area contributed by atoms with E-state index in [1.165, 1.54) is 0 Å². The highest BCUT2D eigenvalue weighted by Gasteiger charge is 2.17. The molecule has 0 unspecified atom stereocenters. The Morgan fingerprint density at radius 1 is 1.21 bits per heavy atom. The second-order valence-corrected chi connectivity index (χ2v) is 4.99. The molecule has 0 spiro atoms. The van der Waals surface area contributed by atoms with Gasteiger partial charge in [0, 0.05) is 25.2 Å². The number of rotatable bonds is 2. The van der Waals surface area contributed by atoms with Gasteiger partial charge in [-0.05, 0) is 25.0 Å². The topological polar surface area (TPSA) is 67.3 Å². The molecule has 3 rings (SSSR count). The molecule has 2 aromatic rings. The van der Waals surface area contributed by atoms with Crippen LogP contribution < -0.4 is 10.6 Å². The zero-order chi connectivity index (χ0) is 13.2. The summed E-state index contributed by atoms with van der Waals surface area (Å²) in [6.07, 6.45) is 5.90. The lowest BCUT2D eigenvalue weighted by atomic mass is 10.1. The summed E-state index contributed by atoms with van der Waals surface area (Å²) in [4.78, 5) is 2.30. The molecule has 5 nitrogen and oxygen atoms in total. The minimum atomic E-state index is 0.249. The summed E-state index contributed by atoms with van der Waals surface area (Å²) in [6, 6.07) is 7.41.